The van der Waals surface area contributed by atoms with Crippen LogP contribution in [0.25, 0.3) is 0 Å². The van der Waals surface area contributed by atoms with Crippen molar-refractivity contribution < 1.29 is 0 Å². The maximum atomic E-state index is 9.25. The van der Waals surface area contributed by atoms with Gasteiger partial charge < -0.3 is 10.6 Å². The normalized spacial score (nSPS) is 10.4. The van der Waals surface area contributed by atoms with Gasteiger partial charge in [0.15, 0.2) is 0 Å². The monoisotopic (exact) mass is 343 g/mol. The Morgan fingerprint density at radius 1 is 0.885 bits per heavy atom. The Labute approximate surface area is 153 Å². The molecule has 0 unspecified atom stereocenters. The Morgan fingerprint density at radius 3 is 2.12 bits per heavy atom. The van der Waals surface area contributed by atoms with E-state index in [9.17, 15) is 5.26 Å². The molecule has 0 spiro atoms. The van der Waals surface area contributed by atoms with Gasteiger partial charge in [0.1, 0.15) is 23.5 Å². The van der Waals surface area contributed by atoms with Gasteiger partial charge in [0.2, 0.25) is 0 Å². The zero-order chi connectivity index (χ0) is 18.5. The number of aryl methyl sites for hydroxylation is 1. The smallest absolute Gasteiger partial charge is 0.136 e. The Morgan fingerprint density at radius 2 is 1.46 bits per heavy atom. The number of nitrogens with one attached hydrogen (secondary N) is 2. The molecule has 0 saturated heterocycles. The number of hydrogen-bond donors (Lipinski definition) is 2. The van der Waals surface area contributed by atoms with E-state index in [0.29, 0.717) is 28.9 Å². The van der Waals surface area contributed by atoms with Crippen molar-refractivity contribution in [1.29, 1.82) is 5.26 Å². The second-order valence-corrected chi connectivity index (χ2v) is 6.33. The van der Waals surface area contributed by atoms with Gasteiger partial charge in [-0.15, -0.1) is 0 Å². The maximum absolute atomic E-state index is 9.25. The third-order valence-corrected chi connectivity index (χ3v) is 3.99. The molecule has 0 aliphatic rings. The standard InChI is InChI=1S/C21H21N5/c1-14(2)17-9-5-7-11-19(17)26-21-12-20(23-15(3)24-21)25-18-10-6-4-8-16(18)13-22/h4-12,14H,1-3H3,(H2,23,24,25,26). The molecule has 1 aromatic heterocycles. The largest absolute Gasteiger partial charge is 0.340 e. The third-order valence-electron chi connectivity index (χ3n) is 3.99. The van der Waals surface area contributed by atoms with Crippen molar-refractivity contribution in [2.75, 3.05) is 10.6 Å². The summed E-state index contributed by atoms with van der Waals surface area (Å²) in [5.41, 5.74) is 3.56. The minimum absolute atomic E-state index is 0.404. The van der Waals surface area contributed by atoms with Crippen molar-refractivity contribution in [3.8, 4) is 6.07 Å². The van der Waals surface area contributed by atoms with Crippen LogP contribution in [-0.4, -0.2) is 9.97 Å². The van der Waals surface area contributed by atoms with E-state index < -0.39 is 0 Å². The Balaban J connectivity index is 1.91. The van der Waals surface area contributed by atoms with Gasteiger partial charge in [-0.3, -0.25) is 0 Å². The highest BCUT2D eigenvalue weighted by atomic mass is 15.1. The van der Waals surface area contributed by atoms with E-state index in [0.717, 1.165) is 11.4 Å². The van der Waals surface area contributed by atoms with E-state index in [4.69, 9.17) is 0 Å². The fourth-order valence-electron chi connectivity index (χ4n) is 2.78. The minimum atomic E-state index is 0.404. The molecule has 5 nitrogen and oxygen atoms in total. The van der Waals surface area contributed by atoms with Crippen molar-refractivity contribution in [3.05, 3.63) is 71.5 Å². The first-order valence-corrected chi connectivity index (χ1v) is 8.54. The molecule has 5 heteroatoms. The van der Waals surface area contributed by atoms with Crippen molar-refractivity contribution >= 4 is 23.0 Å². The third kappa shape index (κ3) is 3.98. The van der Waals surface area contributed by atoms with Gasteiger partial charge in [0.05, 0.1) is 11.3 Å². The van der Waals surface area contributed by atoms with Crippen LogP contribution in [-0.2, 0) is 0 Å². The zero-order valence-electron chi connectivity index (χ0n) is 15.1. The van der Waals surface area contributed by atoms with E-state index in [2.05, 4.69) is 46.6 Å². The molecule has 0 radical (unpaired) electrons. The van der Waals surface area contributed by atoms with Gasteiger partial charge in [0.25, 0.3) is 0 Å². The highest BCUT2D eigenvalue weighted by molar-refractivity contribution is 5.68. The van der Waals surface area contributed by atoms with Crippen LogP contribution in [0.15, 0.2) is 54.6 Å². The van der Waals surface area contributed by atoms with E-state index in [1.54, 1.807) is 6.07 Å². The van der Waals surface area contributed by atoms with Crippen LogP contribution in [0, 0.1) is 18.3 Å². The van der Waals surface area contributed by atoms with Gasteiger partial charge in [-0.25, -0.2) is 9.97 Å². The summed E-state index contributed by atoms with van der Waals surface area (Å²) in [6.45, 7) is 6.18. The SMILES string of the molecule is Cc1nc(Nc2ccccc2C#N)cc(Nc2ccccc2C(C)C)n1. The van der Waals surface area contributed by atoms with Crippen LogP contribution < -0.4 is 10.6 Å². The summed E-state index contributed by atoms with van der Waals surface area (Å²) in [4.78, 5) is 8.92. The summed E-state index contributed by atoms with van der Waals surface area (Å²) in [5.74, 6) is 2.41. The quantitative estimate of drug-likeness (QED) is 0.660. The molecule has 130 valence electrons. The molecule has 0 atom stereocenters. The van der Waals surface area contributed by atoms with Crippen LogP contribution in [0.3, 0.4) is 0 Å². The van der Waals surface area contributed by atoms with Crippen molar-refractivity contribution in [2.24, 2.45) is 0 Å². The van der Waals surface area contributed by atoms with E-state index in [1.807, 2.05) is 49.4 Å². The maximum Gasteiger partial charge on any atom is 0.136 e. The van der Waals surface area contributed by atoms with Gasteiger partial charge in [-0.1, -0.05) is 44.2 Å². The summed E-state index contributed by atoms with van der Waals surface area (Å²) in [6, 6.07) is 19.6. The van der Waals surface area contributed by atoms with Gasteiger partial charge >= 0.3 is 0 Å². The number of rotatable bonds is 5. The van der Waals surface area contributed by atoms with E-state index >= 15 is 0 Å². The number of benzene rings is 2. The molecule has 1 heterocycles. The fourth-order valence-corrected chi connectivity index (χ4v) is 2.78. The topological polar surface area (TPSA) is 73.6 Å². The first-order valence-electron chi connectivity index (χ1n) is 8.54. The molecule has 0 saturated carbocycles. The zero-order valence-corrected chi connectivity index (χ0v) is 15.1. The summed E-state index contributed by atoms with van der Waals surface area (Å²) in [7, 11) is 0. The van der Waals surface area contributed by atoms with E-state index in [-0.39, 0.29) is 0 Å². The lowest BCUT2D eigenvalue weighted by atomic mass is 10.0. The number of hydrogen-bond acceptors (Lipinski definition) is 5. The summed E-state index contributed by atoms with van der Waals surface area (Å²) in [6.07, 6.45) is 0. The average molecular weight is 343 g/mol. The predicted molar refractivity (Wildman–Crippen MR) is 105 cm³/mol. The molecule has 0 aliphatic carbocycles. The lowest BCUT2D eigenvalue weighted by Crippen LogP contribution is -2.04. The van der Waals surface area contributed by atoms with Gasteiger partial charge in [-0.2, -0.15) is 5.26 Å². The summed E-state index contributed by atoms with van der Waals surface area (Å²) < 4.78 is 0. The van der Waals surface area contributed by atoms with Crippen LogP contribution >= 0.6 is 0 Å². The van der Waals surface area contributed by atoms with Crippen LogP contribution in [0.1, 0.15) is 36.7 Å². The van der Waals surface area contributed by atoms with Crippen LogP contribution in [0.4, 0.5) is 23.0 Å². The first kappa shape index (κ1) is 17.4. The van der Waals surface area contributed by atoms with Gasteiger partial charge in [-0.05, 0) is 36.6 Å². The minimum Gasteiger partial charge on any atom is -0.340 e. The molecule has 0 fully saturated rings. The Bertz CT molecular complexity index is 957. The molecule has 26 heavy (non-hydrogen) atoms. The molecule has 0 bridgehead atoms. The van der Waals surface area contributed by atoms with Crippen molar-refractivity contribution in [2.45, 2.75) is 26.7 Å². The molecule has 2 aromatic carbocycles. The molecular weight excluding hydrogens is 322 g/mol. The summed E-state index contributed by atoms with van der Waals surface area (Å²) >= 11 is 0. The highest BCUT2D eigenvalue weighted by Crippen LogP contribution is 2.27. The second-order valence-electron chi connectivity index (χ2n) is 6.33. The molecule has 0 aliphatic heterocycles. The number of aromatic nitrogens is 2. The Kier molecular flexibility index (Phi) is 5.14. The number of nitriles is 1. The van der Waals surface area contributed by atoms with Gasteiger partial charge in [0, 0.05) is 11.8 Å². The molecule has 0 amide bonds. The first-order chi connectivity index (χ1) is 12.6. The lowest BCUT2D eigenvalue weighted by molar-refractivity contribution is 0.868. The van der Waals surface area contributed by atoms with Crippen molar-refractivity contribution in [3.63, 3.8) is 0 Å². The second kappa shape index (κ2) is 7.66. The van der Waals surface area contributed by atoms with E-state index in [1.165, 1.54) is 5.56 Å². The van der Waals surface area contributed by atoms with Crippen LogP contribution in [0.5, 0.6) is 0 Å². The number of nitrogens with zero attached hydrogens (tertiary/aromatic N) is 3. The molecule has 3 aromatic rings. The predicted octanol–water partition coefficient (Wildman–Crippen LogP) is 5.27. The fraction of sp³-hybridized carbons (Fsp3) is 0.190. The molecule has 2 N–H and O–H groups in total. The average Bonchev–Trinajstić information content (AvgIpc) is 2.62. The lowest BCUT2D eigenvalue weighted by Gasteiger charge is -2.15. The number of anilines is 4. The van der Waals surface area contributed by atoms with Crippen molar-refractivity contribution in [1.82, 2.24) is 9.97 Å². The summed E-state index contributed by atoms with van der Waals surface area (Å²) in [5, 5.41) is 15.9. The molecular formula is C21H21N5. The highest BCUT2D eigenvalue weighted by Gasteiger charge is 2.09. The van der Waals surface area contributed by atoms with Crippen LogP contribution in [0.2, 0.25) is 0 Å². The molecule has 3 rings (SSSR count). The number of para-hydroxylation sites is 2. The Hall–Kier alpha value is -3.39.